The third kappa shape index (κ3) is 1.43. The van der Waals surface area contributed by atoms with Gasteiger partial charge in [-0.3, -0.25) is 0 Å². The van der Waals surface area contributed by atoms with Gasteiger partial charge in [0.15, 0.2) is 0 Å². The lowest BCUT2D eigenvalue weighted by Gasteiger charge is -2.04. The molecule has 0 radical (unpaired) electrons. The van der Waals surface area contributed by atoms with Gasteiger partial charge in [0.2, 0.25) is 0 Å². The molecule has 0 bridgehead atoms. The van der Waals surface area contributed by atoms with Crippen molar-refractivity contribution in [2.24, 2.45) is 29.2 Å². The third-order valence-corrected chi connectivity index (χ3v) is 2.38. The number of hydrogen-bond acceptors (Lipinski definition) is 2. The predicted octanol–water partition coefficient (Wildman–Crippen LogP) is 0.176. The molecular weight excluding hydrogens is 112 g/mol. The van der Waals surface area contributed by atoms with Crippen LogP contribution in [0.3, 0.4) is 0 Å². The number of hydrogen-bond donors (Lipinski definition) is 2. The lowest BCUT2D eigenvalue weighted by atomic mass is 10.1. The summed E-state index contributed by atoms with van der Waals surface area (Å²) in [5.74, 6) is 2.34. The molecule has 2 nitrogen and oxygen atoms in total. The van der Waals surface area contributed by atoms with Gasteiger partial charge in [-0.1, -0.05) is 6.92 Å². The van der Waals surface area contributed by atoms with Crippen LogP contribution in [0.2, 0.25) is 0 Å². The van der Waals surface area contributed by atoms with Crippen LogP contribution in [0.5, 0.6) is 0 Å². The monoisotopic (exact) mass is 128 g/mol. The van der Waals surface area contributed by atoms with Crippen LogP contribution in [-0.4, -0.2) is 13.1 Å². The number of rotatable bonds is 3. The van der Waals surface area contributed by atoms with Gasteiger partial charge in [0.25, 0.3) is 0 Å². The van der Waals surface area contributed by atoms with E-state index in [0.29, 0.717) is 5.92 Å². The summed E-state index contributed by atoms with van der Waals surface area (Å²) in [5.41, 5.74) is 11.0. The van der Waals surface area contributed by atoms with Gasteiger partial charge in [-0.25, -0.2) is 0 Å². The molecular formula is C7H16N2. The largest absolute Gasteiger partial charge is 0.330 e. The Labute approximate surface area is 56.6 Å². The summed E-state index contributed by atoms with van der Waals surface area (Å²) >= 11 is 0. The molecule has 0 aliphatic heterocycles. The van der Waals surface area contributed by atoms with Gasteiger partial charge in [0, 0.05) is 0 Å². The topological polar surface area (TPSA) is 52.0 Å². The molecule has 0 unspecified atom stereocenters. The molecule has 4 N–H and O–H groups in total. The van der Waals surface area contributed by atoms with Crippen LogP contribution >= 0.6 is 0 Å². The van der Waals surface area contributed by atoms with E-state index >= 15 is 0 Å². The average molecular weight is 128 g/mol. The minimum Gasteiger partial charge on any atom is -0.330 e. The van der Waals surface area contributed by atoms with Crippen molar-refractivity contribution in [2.45, 2.75) is 13.3 Å². The standard InChI is InChI=1S/C7H16N2/c1-5(3-8)7-2-6(7)4-9/h5-7H,2-4,8-9H2,1H3/t5-,6-,7+/m1/s1. The first-order valence-corrected chi connectivity index (χ1v) is 3.69. The van der Waals surface area contributed by atoms with Crippen LogP contribution in [0.25, 0.3) is 0 Å². The summed E-state index contributed by atoms with van der Waals surface area (Å²) in [5, 5.41) is 0. The second-order valence-corrected chi connectivity index (χ2v) is 3.11. The Morgan fingerprint density at radius 3 is 2.56 bits per heavy atom. The highest BCUT2D eigenvalue weighted by Crippen LogP contribution is 2.42. The average Bonchev–Trinajstić information content (AvgIpc) is 2.64. The van der Waals surface area contributed by atoms with E-state index in [-0.39, 0.29) is 0 Å². The van der Waals surface area contributed by atoms with Crippen molar-refractivity contribution < 1.29 is 0 Å². The van der Waals surface area contributed by atoms with Crippen LogP contribution in [0.15, 0.2) is 0 Å². The van der Waals surface area contributed by atoms with E-state index < -0.39 is 0 Å². The summed E-state index contributed by atoms with van der Waals surface area (Å²) in [6.45, 7) is 3.89. The first-order chi connectivity index (χ1) is 4.29. The lowest BCUT2D eigenvalue weighted by Crippen LogP contribution is -2.15. The molecule has 9 heavy (non-hydrogen) atoms. The fraction of sp³-hybridized carbons (Fsp3) is 1.00. The molecule has 0 aromatic heterocycles. The Balaban J connectivity index is 2.17. The van der Waals surface area contributed by atoms with Crippen molar-refractivity contribution in [2.75, 3.05) is 13.1 Å². The second kappa shape index (κ2) is 2.67. The minimum absolute atomic E-state index is 0.693. The van der Waals surface area contributed by atoms with Gasteiger partial charge in [0.1, 0.15) is 0 Å². The SMILES string of the molecule is C[C@H](CN)[C@@H]1C[C@@H]1CN. The second-order valence-electron chi connectivity index (χ2n) is 3.11. The van der Waals surface area contributed by atoms with E-state index in [4.69, 9.17) is 11.5 Å². The summed E-state index contributed by atoms with van der Waals surface area (Å²) in [6, 6.07) is 0. The maximum Gasteiger partial charge on any atom is -0.00460 e. The predicted molar refractivity (Wildman–Crippen MR) is 38.9 cm³/mol. The molecule has 2 heteroatoms. The quantitative estimate of drug-likeness (QED) is 0.569. The molecule has 1 rings (SSSR count). The summed E-state index contributed by atoms with van der Waals surface area (Å²) in [7, 11) is 0. The van der Waals surface area contributed by atoms with Crippen LogP contribution in [0.4, 0.5) is 0 Å². The molecule has 1 aliphatic carbocycles. The molecule has 0 spiro atoms. The van der Waals surface area contributed by atoms with E-state index in [9.17, 15) is 0 Å². The molecule has 0 aromatic rings. The zero-order chi connectivity index (χ0) is 6.85. The zero-order valence-corrected chi connectivity index (χ0v) is 6.01. The first-order valence-electron chi connectivity index (χ1n) is 3.69. The highest BCUT2D eigenvalue weighted by atomic mass is 14.6. The van der Waals surface area contributed by atoms with E-state index in [0.717, 1.165) is 24.9 Å². The highest BCUT2D eigenvalue weighted by Gasteiger charge is 2.38. The van der Waals surface area contributed by atoms with E-state index in [1.165, 1.54) is 6.42 Å². The molecule has 0 aromatic carbocycles. The van der Waals surface area contributed by atoms with Crippen molar-refractivity contribution in [1.29, 1.82) is 0 Å². The Morgan fingerprint density at radius 2 is 2.22 bits per heavy atom. The third-order valence-electron chi connectivity index (χ3n) is 2.38. The summed E-state index contributed by atoms with van der Waals surface area (Å²) in [6.07, 6.45) is 1.31. The molecule has 1 saturated carbocycles. The van der Waals surface area contributed by atoms with Gasteiger partial charge in [-0.15, -0.1) is 0 Å². The molecule has 3 atom stereocenters. The maximum absolute atomic E-state index is 5.49. The Kier molecular flexibility index (Phi) is 2.09. The lowest BCUT2D eigenvalue weighted by molar-refractivity contribution is 0.487. The fourth-order valence-electron chi connectivity index (χ4n) is 1.41. The highest BCUT2D eigenvalue weighted by molar-refractivity contribution is 4.90. The zero-order valence-electron chi connectivity index (χ0n) is 6.01. The van der Waals surface area contributed by atoms with Gasteiger partial charge in [-0.2, -0.15) is 0 Å². The van der Waals surface area contributed by atoms with E-state index in [2.05, 4.69) is 6.92 Å². The van der Waals surface area contributed by atoms with Gasteiger partial charge in [0.05, 0.1) is 0 Å². The molecule has 1 fully saturated rings. The first kappa shape index (κ1) is 7.03. The Morgan fingerprint density at radius 1 is 1.56 bits per heavy atom. The van der Waals surface area contributed by atoms with Gasteiger partial charge >= 0.3 is 0 Å². The Hall–Kier alpha value is -0.0800. The van der Waals surface area contributed by atoms with E-state index in [1.807, 2.05) is 0 Å². The summed E-state index contributed by atoms with van der Waals surface area (Å²) in [4.78, 5) is 0. The van der Waals surface area contributed by atoms with Crippen molar-refractivity contribution >= 4 is 0 Å². The van der Waals surface area contributed by atoms with Crippen molar-refractivity contribution in [1.82, 2.24) is 0 Å². The van der Waals surface area contributed by atoms with Crippen LogP contribution < -0.4 is 11.5 Å². The molecule has 0 saturated heterocycles. The van der Waals surface area contributed by atoms with Crippen molar-refractivity contribution in [3.63, 3.8) is 0 Å². The van der Waals surface area contributed by atoms with Crippen LogP contribution in [-0.2, 0) is 0 Å². The number of nitrogens with two attached hydrogens (primary N) is 2. The molecule has 1 aliphatic rings. The van der Waals surface area contributed by atoms with Crippen LogP contribution in [0.1, 0.15) is 13.3 Å². The van der Waals surface area contributed by atoms with Gasteiger partial charge < -0.3 is 11.5 Å². The maximum atomic E-state index is 5.49. The Bertz CT molecular complexity index is 92.9. The smallest absolute Gasteiger partial charge is 0.00460 e. The normalized spacial score (nSPS) is 36.3. The molecule has 0 amide bonds. The fourth-order valence-corrected chi connectivity index (χ4v) is 1.41. The minimum atomic E-state index is 0.693. The van der Waals surface area contributed by atoms with Crippen molar-refractivity contribution in [3.05, 3.63) is 0 Å². The molecule has 0 heterocycles. The van der Waals surface area contributed by atoms with Crippen molar-refractivity contribution in [3.8, 4) is 0 Å². The van der Waals surface area contributed by atoms with E-state index in [1.54, 1.807) is 0 Å². The van der Waals surface area contributed by atoms with Crippen LogP contribution in [0, 0.1) is 17.8 Å². The molecule has 54 valence electrons. The van der Waals surface area contributed by atoms with Gasteiger partial charge in [-0.05, 0) is 37.3 Å². The summed E-state index contributed by atoms with van der Waals surface area (Å²) < 4.78 is 0.